The molecule has 0 aliphatic carbocycles. The van der Waals surface area contributed by atoms with Crippen molar-refractivity contribution >= 4 is 5.97 Å². The van der Waals surface area contributed by atoms with Gasteiger partial charge in [-0.25, -0.2) is 0 Å². The molecule has 132 valence electrons. The molecule has 1 aromatic rings. The number of benzene rings is 1. The van der Waals surface area contributed by atoms with Crippen LogP contribution in [0.15, 0.2) is 24.3 Å². The summed E-state index contributed by atoms with van der Waals surface area (Å²) in [5.41, 5.74) is 0.694. The summed E-state index contributed by atoms with van der Waals surface area (Å²) in [6, 6.07) is 6.65. The quantitative estimate of drug-likeness (QED) is 0.591. The summed E-state index contributed by atoms with van der Waals surface area (Å²) in [6.07, 6.45) is -5.28. The van der Waals surface area contributed by atoms with Gasteiger partial charge in [-0.15, -0.1) is 0 Å². The van der Waals surface area contributed by atoms with Gasteiger partial charge in [0, 0.05) is 19.6 Å². The second-order valence-corrected chi connectivity index (χ2v) is 5.69. The predicted molar refractivity (Wildman–Crippen MR) is 79.0 cm³/mol. The summed E-state index contributed by atoms with van der Waals surface area (Å²) >= 11 is 0. The Balaban J connectivity index is 1.69. The second kappa shape index (κ2) is 7.14. The van der Waals surface area contributed by atoms with E-state index < -0.39 is 43.0 Å². The lowest BCUT2D eigenvalue weighted by atomic mass is 9.98. The van der Waals surface area contributed by atoms with Crippen molar-refractivity contribution in [1.29, 1.82) is 0 Å². The van der Waals surface area contributed by atoms with Crippen LogP contribution in [0.4, 0.5) is 0 Å². The smallest absolute Gasteiger partial charge is 0.308 e. The van der Waals surface area contributed by atoms with E-state index in [0.29, 0.717) is 11.3 Å². The molecule has 1 unspecified atom stereocenters. The summed E-state index contributed by atoms with van der Waals surface area (Å²) in [7, 11) is 1.39. The van der Waals surface area contributed by atoms with Crippen LogP contribution >= 0.6 is 0 Å². The van der Waals surface area contributed by atoms with E-state index in [0.717, 1.165) is 0 Å². The number of aliphatic hydroxyl groups is 2. The Morgan fingerprint density at radius 3 is 2.50 bits per heavy atom. The largest absolute Gasteiger partial charge is 0.427 e. The van der Waals surface area contributed by atoms with Crippen molar-refractivity contribution in [3.63, 3.8) is 0 Å². The number of ether oxygens (including phenoxy) is 5. The van der Waals surface area contributed by atoms with Crippen LogP contribution in [-0.2, 0) is 23.7 Å². The molecule has 0 saturated carbocycles. The molecule has 2 heterocycles. The van der Waals surface area contributed by atoms with E-state index in [1.165, 1.54) is 14.0 Å². The Bertz CT molecular complexity index is 572. The third kappa shape index (κ3) is 3.44. The average molecular weight is 340 g/mol. The van der Waals surface area contributed by atoms with Gasteiger partial charge in [-0.3, -0.25) is 4.79 Å². The van der Waals surface area contributed by atoms with Crippen LogP contribution in [0.5, 0.6) is 5.75 Å². The molecule has 2 aliphatic heterocycles. The summed E-state index contributed by atoms with van der Waals surface area (Å²) < 4.78 is 26.9. The standard InChI is InChI=1S/C16H20O8/c1-8(17)22-10-5-3-9(4-6-10)15-21-7-11-14(24-15)12(18)13(19)16(20-2)23-11/h3-6,11-16,18-19H,7H2,1-2H3/t11-,12-,13-,14-,15?,16+/m1/s1. The minimum atomic E-state index is -1.21. The molecule has 0 spiro atoms. The van der Waals surface area contributed by atoms with Crippen molar-refractivity contribution in [2.45, 2.75) is 43.9 Å². The monoisotopic (exact) mass is 340 g/mol. The Morgan fingerprint density at radius 2 is 1.88 bits per heavy atom. The molecule has 2 fully saturated rings. The molecule has 2 aliphatic rings. The van der Waals surface area contributed by atoms with Crippen molar-refractivity contribution in [3.8, 4) is 5.75 Å². The van der Waals surface area contributed by atoms with Crippen LogP contribution in [0.3, 0.4) is 0 Å². The van der Waals surface area contributed by atoms with Gasteiger partial charge in [0.25, 0.3) is 0 Å². The minimum absolute atomic E-state index is 0.185. The van der Waals surface area contributed by atoms with E-state index in [1.54, 1.807) is 24.3 Å². The van der Waals surface area contributed by atoms with Gasteiger partial charge in [0.2, 0.25) is 0 Å². The molecule has 6 atom stereocenters. The number of esters is 1. The number of hydrogen-bond donors (Lipinski definition) is 2. The van der Waals surface area contributed by atoms with E-state index in [-0.39, 0.29) is 6.61 Å². The summed E-state index contributed by atoms with van der Waals surface area (Å²) in [6.45, 7) is 1.51. The first-order valence-electron chi connectivity index (χ1n) is 7.59. The Labute approximate surface area is 138 Å². The maximum Gasteiger partial charge on any atom is 0.308 e. The SMILES string of the molecule is CO[C@H]1O[C@@H]2COC(c3ccc(OC(C)=O)cc3)O[C@H]2[C@H](O)[C@H]1O. The molecule has 2 saturated heterocycles. The lowest BCUT2D eigenvalue weighted by Gasteiger charge is -2.45. The summed E-state index contributed by atoms with van der Waals surface area (Å²) in [4.78, 5) is 10.9. The van der Waals surface area contributed by atoms with Crippen LogP contribution in [0.1, 0.15) is 18.8 Å². The number of methoxy groups -OCH3 is 1. The first kappa shape index (κ1) is 17.3. The fraction of sp³-hybridized carbons (Fsp3) is 0.562. The van der Waals surface area contributed by atoms with Crippen molar-refractivity contribution < 1.29 is 38.7 Å². The Morgan fingerprint density at radius 1 is 1.17 bits per heavy atom. The van der Waals surface area contributed by atoms with Gasteiger partial charge in [0.15, 0.2) is 12.6 Å². The third-order valence-electron chi connectivity index (χ3n) is 3.98. The highest BCUT2D eigenvalue weighted by Crippen LogP contribution is 2.34. The van der Waals surface area contributed by atoms with Crippen LogP contribution in [0.25, 0.3) is 0 Å². The van der Waals surface area contributed by atoms with E-state index in [2.05, 4.69) is 0 Å². The number of hydrogen-bond acceptors (Lipinski definition) is 8. The maximum absolute atomic E-state index is 10.9. The van der Waals surface area contributed by atoms with Crippen molar-refractivity contribution in [2.24, 2.45) is 0 Å². The molecule has 0 amide bonds. The highest BCUT2D eigenvalue weighted by Gasteiger charge is 2.48. The number of aliphatic hydroxyl groups excluding tert-OH is 2. The van der Waals surface area contributed by atoms with Gasteiger partial charge in [-0.2, -0.15) is 0 Å². The van der Waals surface area contributed by atoms with E-state index in [1.807, 2.05) is 0 Å². The predicted octanol–water partition coefficient (Wildman–Crippen LogP) is 0.119. The molecule has 24 heavy (non-hydrogen) atoms. The topological polar surface area (TPSA) is 104 Å². The second-order valence-electron chi connectivity index (χ2n) is 5.69. The number of rotatable bonds is 3. The normalized spacial score (nSPS) is 36.0. The van der Waals surface area contributed by atoms with Gasteiger partial charge in [0.1, 0.15) is 30.2 Å². The molecule has 1 aromatic carbocycles. The lowest BCUT2D eigenvalue weighted by molar-refractivity contribution is -0.358. The number of carbonyl (C=O) groups is 1. The van der Waals surface area contributed by atoms with Crippen molar-refractivity contribution in [3.05, 3.63) is 29.8 Å². The molecular formula is C16H20O8. The van der Waals surface area contributed by atoms with E-state index >= 15 is 0 Å². The highest BCUT2D eigenvalue weighted by atomic mass is 16.7. The van der Waals surface area contributed by atoms with Crippen LogP contribution in [0.2, 0.25) is 0 Å². The van der Waals surface area contributed by atoms with Crippen LogP contribution in [-0.4, -0.2) is 60.6 Å². The van der Waals surface area contributed by atoms with E-state index in [9.17, 15) is 15.0 Å². The van der Waals surface area contributed by atoms with Crippen LogP contribution < -0.4 is 4.74 Å². The number of fused-ring (bicyclic) bond motifs is 1. The molecule has 8 nitrogen and oxygen atoms in total. The fourth-order valence-corrected chi connectivity index (χ4v) is 2.80. The summed E-state index contributed by atoms with van der Waals surface area (Å²) in [5, 5.41) is 20.2. The average Bonchev–Trinajstić information content (AvgIpc) is 2.58. The van der Waals surface area contributed by atoms with Gasteiger partial charge < -0.3 is 33.9 Å². The van der Waals surface area contributed by atoms with E-state index in [4.69, 9.17) is 23.7 Å². The van der Waals surface area contributed by atoms with Gasteiger partial charge in [-0.05, 0) is 12.1 Å². The Kier molecular flexibility index (Phi) is 5.14. The highest BCUT2D eigenvalue weighted by molar-refractivity contribution is 5.69. The lowest BCUT2D eigenvalue weighted by Crippen LogP contribution is -2.62. The molecule has 2 N–H and O–H groups in total. The summed E-state index contributed by atoms with van der Waals surface area (Å²) in [5.74, 6) is 0.0132. The molecular weight excluding hydrogens is 320 g/mol. The van der Waals surface area contributed by atoms with Gasteiger partial charge in [0.05, 0.1) is 6.61 Å². The maximum atomic E-state index is 10.9. The zero-order valence-electron chi connectivity index (χ0n) is 13.3. The molecule has 0 bridgehead atoms. The van der Waals surface area contributed by atoms with Crippen molar-refractivity contribution in [1.82, 2.24) is 0 Å². The fourth-order valence-electron chi connectivity index (χ4n) is 2.80. The zero-order valence-corrected chi connectivity index (χ0v) is 13.3. The van der Waals surface area contributed by atoms with Gasteiger partial charge in [-0.1, -0.05) is 12.1 Å². The zero-order chi connectivity index (χ0) is 17.3. The Hall–Kier alpha value is -1.55. The molecule has 3 rings (SSSR count). The van der Waals surface area contributed by atoms with Crippen LogP contribution in [0, 0.1) is 0 Å². The first-order valence-corrected chi connectivity index (χ1v) is 7.59. The molecule has 0 aromatic heterocycles. The van der Waals surface area contributed by atoms with Crippen molar-refractivity contribution in [2.75, 3.05) is 13.7 Å². The number of carbonyl (C=O) groups excluding carboxylic acids is 1. The molecule has 8 heteroatoms. The minimum Gasteiger partial charge on any atom is -0.427 e. The first-order chi connectivity index (χ1) is 11.5. The third-order valence-corrected chi connectivity index (χ3v) is 3.98. The van der Waals surface area contributed by atoms with Gasteiger partial charge >= 0.3 is 5.97 Å². The molecule has 0 radical (unpaired) electrons.